The number of H-pyrrole nitrogens is 1. The zero-order valence-corrected chi connectivity index (χ0v) is 20.5. The van der Waals surface area contributed by atoms with E-state index in [-0.39, 0.29) is 5.91 Å². The first-order valence-electron chi connectivity index (χ1n) is 11.6. The fraction of sp³-hybridized carbons (Fsp3) is 0.423. The Morgan fingerprint density at radius 3 is 2.71 bits per heavy atom. The van der Waals surface area contributed by atoms with Gasteiger partial charge in [-0.25, -0.2) is 5.06 Å². The van der Waals surface area contributed by atoms with Crippen LogP contribution in [0.25, 0.3) is 10.9 Å². The second kappa shape index (κ2) is 11.8. The maximum Gasteiger partial charge on any atom is 0.251 e. The van der Waals surface area contributed by atoms with Gasteiger partial charge in [0.1, 0.15) is 0 Å². The van der Waals surface area contributed by atoms with E-state index in [1.54, 1.807) is 0 Å². The maximum atomic E-state index is 12.4. The van der Waals surface area contributed by atoms with Crippen molar-refractivity contribution >= 4 is 23.2 Å². The van der Waals surface area contributed by atoms with E-state index >= 15 is 0 Å². The summed E-state index contributed by atoms with van der Waals surface area (Å²) in [4.78, 5) is 39.0. The van der Waals surface area contributed by atoms with Gasteiger partial charge in [0.25, 0.3) is 5.91 Å². The van der Waals surface area contributed by atoms with E-state index in [1.165, 1.54) is 5.06 Å². The molecule has 0 fully saturated rings. The summed E-state index contributed by atoms with van der Waals surface area (Å²) < 4.78 is 0. The van der Waals surface area contributed by atoms with Crippen molar-refractivity contribution in [2.75, 3.05) is 26.7 Å². The Morgan fingerprint density at radius 1 is 1.18 bits per heavy atom. The number of carbonyl (C=O) groups excluding carboxylic acids is 2. The molecule has 34 heavy (non-hydrogen) atoms. The number of rotatable bonds is 12. The highest BCUT2D eigenvalue weighted by atomic mass is 16.7. The lowest BCUT2D eigenvalue weighted by Crippen LogP contribution is -2.33. The predicted octanol–water partition coefficient (Wildman–Crippen LogP) is 3.55. The summed E-state index contributed by atoms with van der Waals surface area (Å²) >= 11 is 0. The smallest absolute Gasteiger partial charge is 0.251 e. The molecule has 0 aliphatic carbocycles. The van der Waals surface area contributed by atoms with Gasteiger partial charge in [0, 0.05) is 41.9 Å². The Morgan fingerprint density at radius 2 is 2.00 bits per heavy atom. The number of fused-ring (bicyclic) bond motifs is 1. The van der Waals surface area contributed by atoms with Crippen molar-refractivity contribution in [3.8, 4) is 0 Å². The topological polar surface area (TPSA) is 90.6 Å². The second-order valence-electron chi connectivity index (χ2n) is 9.48. The van der Waals surface area contributed by atoms with E-state index in [0.717, 1.165) is 48.1 Å². The molecule has 3 aromatic rings. The van der Waals surface area contributed by atoms with Crippen LogP contribution in [-0.4, -0.2) is 64.5 Å². The van der Waals surface area contributed by atoms with Crippen molar-refractivity contribution in [3.63, 3.8) is 0 Å². The van der Waals surface area contributed by atoms with Gasteiger partial charge in [0.15, 0.2) is 0 Å². The van der Waals surface area contributed by atoms with E-state index in [1.807, 2.05) is 69.6 Å². The molecular weight excluding hydrogens is 430 g/mol. The molecule has 0 unspecified atom stereocenters. The third kappa shape index (κ3) is 7.97. The lowest BCUT2D eigenvalue weighted by Gasteiger charge is -2.26. The van der Waals surface area contributed by atoms with Crippen molar-refractivity contribution in [1.82, 2.24) is 25.2 Å². The molecule has 0 spiro atoms. The highest BCUT2D eigenvalue weighted by Crippen LogP contribution is 2.14. The normalized spacial score (nSPS) is 11.7. The summed E-state index contributed by atoms with van der Waals surface area (Å²) in [5.41, 5.74) is 3.20. The van der Waals surface area contributed by atoms with Gasteiger partial charge in [-0.2, -0.15) is 0 Å². The number of benzene rings is 1. The Hall–Kier alpha value is -3.23. The first kappa shape index (κ1) is 25.4. The first-order valence-corrected chi connectivity index (χ1v) is 11.6. The van der Waals surface area contributed by atoms with Crippen molar-refractivity contribution < 1.29 is 14.4 Å². The highest BCUT2D eigenvalue weighted by molar-refractivity contribution is 5.98. The molecule has 0 aliphatic rings. The van der Waals surface area contributed by atoms with Crippen LogP contribution >= 0.6 is 0 Å². The number of aromatic nitrogens is 2. The number of aromatic amines is 1. The molecule has 182 valence electrons. The third-order valence-corrected chi connectivity index (χ3v) is 5.31. The molecule has 0 bridgehead atoms. The number of nitrogens with one attached hydrogen (secondary N) is 2. The zero-order chi connectivity index (χ0) is 24.6. The van der Waals surface area contributed by atoms with Gasteiger partial charge in [0.2, 0.25) is 6.41 Å². The minimum atomic E-state index is -0.438. The van der Waals surface area contributed by atoms with Crippen LogP contribution < -0.4 is 5.32 Å². The number of pyridine rings is 1. The van der Waals surface area contributed by atoms with Crippen LogP contribution in [0.5, 0.6) is 0 Å². The summed E-state index contributed by atoms with van der Waals surface area (Å²) in [5, 5.41) is 5.30. The molecule has 2 aromatic heterocycles. The van der Waals surface area contributed by atoms with Gasteiger partial charge >= 0.3 is 0 Å². The minimum Gasteiger partial charge on any atom is -0.361 e. The second-order valence-corrected chi connectivity index (χ2v) is 9.48. The molecule has 1 aromatic carbocycles. The number of hydrogen-bond acceptors (Lipinski definition) is 5. The predicted molar refractivity (Wildman–Crippen MR) is 133 cm³/mol. The maximum absolute atomic E-state index is 12.4. The summed E-state index contributed by atoms with van der Waals surface area (Å²) in [7, 11) is 2.06. The quantitative estimate of drug-likeness (QED) is 0.315. The number of hydroxylamine groups is 2. The van der Waals surface area contributed by atoms with Gasteiger partial charge in [-0.05, 0) is 83.1 Å². The average Bonchev–Trinajstić information content (AvgIpc) is 3.26. The molecule has 0 saturated heterocycles. The molecule has 2 amide bonds. The molecule has 0 atom stereocenters. The van der Waals surface area contributed by atoms with Crippen LogP contribution in [-0.2, 0) is 22.6 Å². The van der Waals surface area contributed by atoms with Gasteiger partial charge < -0.3 is 15.2 Å². The average molecular weight is 466 g/mol. The molecule has 0 radical (unpaired) electrons. The van der Waals surface area contributed by atoms with Gasteiger partial charge in [-0.1, -0.05) is 6.07 Å². The molecule has 3 rings (SSSR count). The van der Waals surface area contributed by atoms with Crippen molar-refractivity contribution in [2.24, 2.45) is 0 Å². The van der Waals surface area contributed by atoms with E-state index in [0.29, 0.717) is 25.1 Å². The number of nitrogens with zero attached hydrogens (tertiary/aromatic N) is 3. The third-order valence-electron chi connectivity index (χ3n) is 5.31. The Balaban J connectivity index is 1.34. The molecule has 8 heteroatoms. The van der Waals surface area contributed by atoms with Crippen LogP contribution in [0.15, 0.2) is 48.8 Å². The lowest BCUT2D eigenvalue weighted by molar-refractivity contribution is -0.220. The molecular formula is C26H35N5O3. The number of likely N-dealkylation sites (N-methyl/N-ethyl adjacent to an activating group) is 1. The first-order chi connectivity index (χ1) is 16.2. The van der Waals surface area contributed by atoms with Crippen molar-refractivity contribution in [2.45, 2.75) is 45.8 Å². The number of carbonyl (C=O) groups is 2. The minimum absolute atomic E-state index is 0.0521. The summed E-state index contributed by atoms with van der Waals surface area (Å²) in [6.07, 6.45) is 6.31. The highest BCUT2D eigenvalue weighted by Gasteiger charge is 2.16. The lowest BCUT2D eigenvalue weighted by atomic mass is 10.1. The Labute approximate surface area is 201 Å². The van der Waals surface area contributed by atoms with Crippen LogP contribution in [0.3, 0.4) is 0 Å². The summed E-state index contributed by atoms with van der Waals surface area (Å²) in [6, 6.07) is 11.6. The largest absolute Gasteiger partial charge is 0.361 e. The van der Waals surface area contributed by atoms with Gasteiger partial charge in [0.05, 0.1) is 17.8 Å². The number of amides is 2. The van der Waals surface area contributed by atoms with E-state index < -0.39 is 5.60 Å². The van der Waals surface area contributed by atoms with Crippen LogP contribution in [0, 0.1) is 0 Å². The van der Waals surface area contributed by atoms with Crippen LogP contribution in [0.2, 0.25) is 0 Å². The van der Waals surface area contributed by atoms with E-state index in [4.69, 9.17) is 4.84 Å². The van der Waals surface area contributed by atoms with Crippen LogP contribution in [0.1, 0.15) is 48.8 Å². The Kier molecular flexibility index (Phi) is 8.79. The van der Waals surface area contributed by atoms with E-state index in [2.05, 4.69) is 27.2 Å². The molecule has 2 heterocycles. The van der Waals surface area contributed by atoms with Crippen LogP contribution in [0.4, 0.5) is 0 Å². The fourth-order valence-corrected chi connectivity index (χ4v) is 3.62. The molecule has 8 nitrogen and oxygen atoms in total. The zero-order valence-electron chi connectivity index (χ0n) is 20.5. The monoisotopic (exact) mass is 465 g/mol. The number of aryl methyl sites for hydroxylation is 1. The van der Waals surface area contributed by atoms with Crippen molar-refractivity contribution in [3.05, 3.63) is 65.6 Å². The fourth-order valence-electron chi connectivity index (χ4n) is 3.62. The summed E-state index contributed by atoms with van der Waals surface area (Å²) in [6.45, 7) is 8.31. The molecule has 0 aliphatic heterocycles. The molecule has 2 N–H and O–H groups in total. The van der Waals surface area contributed by atoms with Gasteiger partial charge in [-0.3, -0.25) is 19.4 Å². The number of hydrogen-bond donors (Lipinski definition) is 2. The Bertz CT molecular complexity index is 1070. The SMILES string of the molecule is CN(CCCc1ccc(CN(C=O)OC(C)(C)C)nc1)CCNC(=O)c1ccc2[nH]ccc2c1. The van der Waals surface area contributed by atoms with Crippen molar-refractivity contribution in [1.29, 1.82) is 0 Å². The van der Waals surface area contributed by atoms with Gasteiger partial charge in [-0.15, -0.1) is 0 Å². The standard InChI is InChI=1S/C26H35N5O3/c1-26(2,3)34-31(19-32)18-23-9-7-20(17-29-23)6-5-14-30(4)15-13-28-25(33)22-8-10-24-21(16-22)11-12-27-24/h7-12,16-17,19,27H,5-6,13-15,18H2,1-4H3,(H,28,33). The summed E-state index contributed by atoms with van der Waals surface area (Å²) in [5.74, 6) is -0.0521. The molecule has 0 saturated carbocycles. The van der Waals surface area contributed by atoms with E-state index in [9.17, 15) is 9.59 Å².